The molecule has 0 unspecified atom stereocenters. The lowest BCUT2D eigenvalue weighted by molar-refractivity contribution is -0.118. The Hall–Kier alpha value is -2.95. The van der Waals surface area contributed by atoms with Crippen molar-refractivity contribution in [2.45, 2.75) is 6.54 Å². The molecule has 108 valence electrons. The van der Waals surface area contributed by atoms with Gasteiger partial charge >= 0.3 is 0 Å². The average molecular weight is 291 g/mol. The number of carbonyl (C=O) groups is 2. The van der Waals surface area contributed by atoms with Gasteiger partial charge in [0.15, 0.2) is 5.78 Å². The van der Waals surface area contributed by atoms with E-state index >= 15 is 0 Å². The van der Waals surface area contributed by atoms with Gasteiger partial charge in [-0.25, -0.2) is 4.99 Å². The first-order valence-corrected chi connectivity index (χ1v) is 7.07. The molecule has 0 aromatic heterocycles. The van der Waals surface area contributed by atoms with E-state index in [0.29, 0.717) is 30.2 Å². The highest BCUT2D eigenvalue weighted by molar-refractivity contribution is 6.10. The minimum Gasteiger partial charge on any atom is -0.329 e. The third kappa shape index (κ3) is 2.07. The van der Waals surface area contributed by atoms with Crippen LogP contribution >= 0.6 is 0 Å². The van der Waals surface area contributed by atoms with Crippen molar-refractivity contribution in [1.29, 1.82) is 0 Å². The highest BCUT2D eigenvalue weighted by atomic mass is 16.2. The quantitative estimate of drug-likeness (QED) is 0.859. The average Bonchev–Trinajstić information content (AvgIpc) is 2.91. The Morgan fingerprint density at radius 3 is 2.68 bits per heavy atom. The van der Waals surface area contributed by atoms with Gasteiger partial charge in [-0.3, -0.25) is 14.9 Å². The molecule has 2 aliphatic heterocycles. The predicted octanol–water partition coefficient (Wildman–Crippen LogP) is 1.85. The van der Waals surface area contributed by atoms with Crippen molar-refractivity contribution in [3.8, 4) is 0 Å². The fraction of sp³-hybridized carbons (Fsp3) is 0.118. The summed E-state index contributed by atoms with van der Waals surface area (Å²) in [5, 5.41) is 2.73. The maximum Gasteiger partial charge on any atom is 0.246 e. The van der Waals surface area contributed by atoms with Crippen LogP contribution in [0.3, 0.4) is 0 Å². The molecule has 2 aromatic carbocycles. The largest absolute Gasteiger partial charge is 0.329 e. The van der Waals surface area contributed by atoms with Gasteiger partial charge in [-0.1, -0.05) is 30.3 Å². The highest BCUT2D eigenvalue weighted by Gasteiger charge is 2.29. The Morgan fingerprint density at radius 1 is 1.05 bits per heavy atom. The lowest BCUT2D eigenvalue weighted by Gasteiger charge is -2.23. The molecule has 0 atom stereocenters. The third-order valence-electron chi connectivity index (χ3n) is 3.85. The lowest BCUT2D eigenvalue weighted by atomic mass is 10.00. The summed E-state index contributed by atoms with van der Waals surface area (Å²) in [6.45, 7) is 0.901. The number of hydrogen-bond donors (Lipinski definition) is 1. The molecule has 2 heterocycles. The minimum atomic E-state index is -0.0489. The molecule has 1 fully saturated rings. The molecule has 0 saturated carbocycles. The van der Waals surface area contributed by atoms with Crippen molar-refractivity contribution in [2.24, 2.45) is 4.99 Å². The second-order valence-electron chi connectivity index (χ2n) is 5.38. The fourth-order valence-electron chi connectivity index (χ4n) is 2.76. The van der Waals surface area contributed by atoms with Crippen LogP contribution in [0.25, 0.3) is 0 Å². The molecule has 2 aliphatic rings. The molecule has 0 bridgehead atoms. The molecule has 1 N–H and O–H groups in total. The van der Waals surface area contributed by atoms with E-state index in [1.807, 2.05) is 35.2 Å². The summed E-state index contributed by atoms with van der Waals surface area (Å²) in [6, 6.07) is 14.7. The van der Waals surface area contributed by atoms with Crippen LogP contribution in [0, 0.1) is 0 Å². The lowest BCUT2D eigenvalue weighted by Crippen LogP contribution is -2.32. The van der Waals surface area contributed by atoms with E-state index in [-0.39, 0.29) is 11.7 Å². The fourth-order valence-corrected chi connectivity index (χ4v) is 2.76. The number of benzene rings is 2. The van der Waals surface area contributed by atoms with Crippen LogP contribution in [-0.4, -0.2) is 29.1 Å². The molecule has 5 heteroatoms. The maximum absolute atomic E-state index is 12.5. The SMILES string of the molecule is O=C1CN2Cc3cc(C(=O)c4ccccc4)ccc3N=C2N1. The molecule has 22 heavy (non-hydrogen) atoms. The normalized spacial score (nSPS) is 15.7. The van der Waals surface area contributed by atoms with Gasteiger partial charge in [-0.05, 0) is 23.8 Å². The summed E-state index contributed by atoms with van der Waals surface area (Å²) >= 11 is 0. The molecule has 1 saturated heterocycles. The molecular formula is C17H13N3O2. The van der Waals surface area contributed by atoms with Crippen molar-refractivity contribution in [3.63, 3.8) is 0 Å². The maximum atomic E-state index is 12.5. The van der Waals surface area contributed by atoms with Crippen molar-refractivity contribution in [3.05, 3.63) is 65.2 Å². The van der Waals surface area contributed by atoms with Gasteiger partial charge in [0, 0.05) is 17.7 Å². The van der Waals surface area contributed by atoms with Gasteiger partial charge in [-0.2, -0.15) is 0 Å². The number of amides is 1. The number of guanidine groups is 1. The van der Waals surface area contributed by atoms with Gasteiger partial charge in [0.25, 0.3) is 0 Å². The molecular weight excluding hydrogens is 278 g/mol. The number of fused-ring (bicyclic) bond motifs is 2. The number of carbonyl (C=O) groups excluding carboxylic acids is 2. The second kappa shape index (κ2) is 4.80. The van der Waals surface area contributed by atoms with Crippen molar-refractivity contribution >= 4 is 23.3 Å². The first kappa shape index (κ1) is 12.8. The van der Waals surface area contributed by atoms with Gasteiger partial charge in [0.1, 0.15) is 6.54 Å². The Bertz CT molecular complexity index is 812. The highest BCUT2D eigenvalue weighted by Crippen LogP contribution is 2.28. The zero-order valence-corrected chi connectivity index (χ0v) is 11.7. The summed E-state index contributed by atoms with van der Waals surface area (Å²) in [7, 11) is 0. The van der Waals surface area contributed by atoms with E-state index in [4.69, 9.17) is 0 Å². The molecule has 5 nitrogen and oxygen atoms in total. The number of ketones is 1. The van der Waals surface area contributed by atoms with Gasteiger partial charge in [0.05, 0.1) is 5.69 Å². The van der Waals surface area contributed by atoms with E-state index in [9.17, 15) is 9.59 Å². The standard InChI is InChI=1S/C17H13N3O2/c21-15-10-20-9-13-8-12(6-7-14(13)18-17(20)19-15)16(22)11-4-2-1-3-5-11/h1-8H,9-10H2,(H,18,19,21). The molecule has 0 spiro atoms. The predicted molar refractivity (Wildman–Crippen MR) is 82.0 cm³/mol. The van der Waals surface area contributed by atoms with Crippen LogP contribution in [0.5, 0.6) is 0 Å². The first-order valence-electron chi connectivity index (χ1n) is 7.07. The summed E-state index contributed by atoms with van der Waals surface area (Å²) < 4.78 is 0. The number of aliphatic imine (C=N–C) groups is 1. The summed E-state index contributed by atoms with van der Waals surface area (Å²) in [6.07, 6.45) is 0. The number of hydrogen-bond acceptors (Lipinski definition) is 4. The zero-order valence-electron chi connectivity index (χ0n) is 11.7. The van der Waals surface area contributed by atoms with Gasteiger partial charge < -0.3 is 4.90 Å². The summed E-state index contributed by atoms with van der Waals surface area (Å²) in [5.74, 6) is 0.542. The van der Waals surface area contributed by atoms with E-state index in [1.54, 1.807) is 18.2 Å². The van der Waals surface area contributed by atoms with Crippen molar-refractivity contribution in [1.82, 2.24) is 10.2 Å². The topological polar surface area (TPSA) is 61.8 Å². The third-order valence-corrected chi connectivity index (χ3v) is 3.85. The van der Waals surface area contributed by atoms with Crippen molar-refractivity contribution in [2.75, 3.05) is 6.54 Å². The van der Waals surface area contributed by atoms with E-state index < -0.39 is 0 Å². The Morgan fingerprint density at radius 2 is 1.86 bits per heavy atom. The van der Waals surface area contributed by atoms with Crippen LogP contribution in [0.15, 0.2) is 53.5 Å². The Labute approximate surface area is 127 Å². The van der Waals surface area contributed by atoms with Crippen molar-refractivity contribution < 1.29 is 9.59 Å². The van der Waals surface area contributed by atoms with Crippen LogP contribution in [-0.2, 0) is 11.3 Å². The molecule has 2 aromatic rings. The molecule has 4 rings (SSSR count). The van der Waals surface area contributed by atoms with Crippen LogP contribution in [0.2, 0.25) is 0 Å². The van der Waals surface area contributed by atoms with Gasteiger partial charge in [0.2, 0.25) is 11.9 Å². The Kier molecular flexibility index (Phi) is 2.79. The number of nitrogens with one attached hydrogen (secondary N) is 1. The molecule has 0 aliphatic carbocycles. The summed E-state index contributed by atoms with van der Waals surface area (Å²) in [4.78, 5) is 30.2. The monoisotopic (exact) mass is 291 g/mol. The molecule has 1 amide bonds. The van der Waals surface area contributed by atoms with Crippen LogP contribution < -0.4 is 5.32 Å². The minimum absolute atomic E-state index is 0.00574. The van der Waals surface area contributed by atoms with Crippen LogP contribution in [0.4, 0.5) is 5.69 Å². The van der Waals surface area contributed by atoms with Gasteiger partial charge in [-0.15, -0.1) is 0 Å². The van der Waals surface area contributed by atoms with E-state index in [0.717, 1.165) is 11.3 Å². The first-order chi connectivity index (χ1) is 10.7. The van der Waals surface area contributed by atoms with E-state index in [1.165, 1.54) is 0 Å². The zero-order chi connectivity index (χ0) is 15.1. The smallest absolute Gasteiger partial charge is 0.246 e. The number of nitrogens with zero attached hydrogens (tertiary/aromatic N) is 2. The number of rotatable bonds is 2. The van der Waals surface area contributed by atoms with E-state index in [2.05, 4.69) is 10.3 Å². The Balaban J connectivity index is 1.69. The second-order valence-corrected chi connectivity index (χ2v) is 5.38. The summed E-state index contributed by atoms with van der Waals surface area (Å²) in [5.41, 5.74) is 3.07. The molecule has 0 radical (unpaired) electrons. The van der Waals surface area contributed by atoms with Crippen LogP contribution in [0.1, 0.15) is 21.5 Å².